The molecule has 0 bridgehead atoms. The molecule has 0 atom stereocenters. The fourth-order valence-electron chi connectivity index (χ4n) is 1.66. The van der Waals surface area contributed by atoms with Gasteiger partial charge in [-0.1, -0.05) is 0 Å². The maximum absolute atomic E-state index is 11.5. The molecule has 0 amide bonds. The quantitative estimate of drug-likeness (QED) is 0.871. The zero-order valence-electron chi connectivity index (χ0n) is 10.1. The van der Waals surface area contributed by atoms with Gasteiger partial charge in [-0.15, -0.1) is 0 Å². The first kappa shape index (κ1) is 13.2. The lowest BCUT2D eigenvalue weighted by Gasteiger charge is -2.11. The van der Waals surface area contributed by atoms with Crippen LogP contribution in [-0.2, 0) is 16.3 Å². The third-order valence-corrected chi connectivity index (χ3v) is 3.92. The largest absolute Gasteiger partial charge is 0.330 e. The van der Waals surface area contributed by atoms with Crippen molar-refractivity contribution in [3.05, 3.63) is 28.8 Å². The van der Waals surface area contributed by atoms with Gasteiger partial charge in [-0.05, 0) is 62.1 Å². The highest BCUT2D eigenvalue weighted by molar-refractivity contribution is 7.90. The summed E-state index contributed by atoms with van der Waals surface area (Å²) < 4.78 is 23.0. The van der Waals surface area contributed by atoms with E-state index in [9.17, 15) is 8.42 Å². The molecule has 0 saturated heterocycles. The zero-order chi connectivity index (χ0) is 12.3. The third-order valence-electron chi connectivity index (χ3n) is 2.83. The maximum Gasteiger partial charge on any atom is 0.175 e. The summed E-state index contributed by atoms with van der Waals surface area (Å²) in [4.78, 5) is 0.405. The van der Waals surface area contributed by atoms with Crippen LogP contribution >= 0.6 is 0 Å². The van der Waals surface area contributed by atoms with E-state index in [0.29, 0.717) is 11.4 Å². The van der Waals surface area contributed by atoms with Crippen LogP contribution in [0.4, 0.5) is 0 Å². The van der Waals surface area contributed by atoms with Crippen LogP contribution in [0.2, 0.25) is 0 Å². The van der Waals surface area contributed by atoms with Gasteiger partial charge in [0.1, 0.15) is 0 Å². The Hall–Kier alpha value is -0.870. The summed E-state index contributed by atoms with van der Waals surface area (Å²) in [6.07, 6.45) is 2.96. The van der Waals surface area contributed by atoms with Crippen molar-refractivity contribution in [1.29, 1.82) is 0 Å². The Balaban J connectivity index is 3.22. The Bertz CT molecular complexity index is 478. The van der Waals surface area contributed by atoms with Gasteiger partial charge in [0.2, 0.25) is 0 Å². The van der Waals surface area contributed by atoms with Crippen molar-refractivity contribution in [3.63, 3.8) is 0 Å². The molecule has 0 aromatic heterocycles. The van der Waals surface area contributed by atoms with Crippen LogP contribution in [0.1, 0.15) is 23.1 Å². The van der Waals surface area contributed by atoms with Crippen LogP contribution in [-0.4, -0.2) is 21.2 Å². The van der Waals surface area contributed by atoms with Gasteiger partial charge in [-0.3, -0.25) is 0 Å². The van der Waals surface area contributed by atoms with Crippen molar-refractivity contribution in [2.75, 3.05) is 12.8 Å². The minimum absolute atomic E-state index is 0.405. The number of hydrogen-bond acceptors (Lipinski definition) is 3. The van der Waals surface area contributed by atoms with E-state index < -0.39 is 9.84 Å². The van der Waals surface area contributed by atoms with Gasteiger partial charge in [-0.25, -0.2) is 8.42 Å². The van der Waals surface area contributed by atoms with E-state index in [0.717, 1.165) is 24.0 Å². The molecule has 3 nitrogen and oxygen atoms in total. The van der Waals surface area contributed by atoms with E-state index in [1.807, 2.05) is 13.8 Å². The average Bonchev–Trinajstić information content (AvgIpc) is 2.18. The van der Waals surface area contributed by atoms with Gasteiger partial charge >= 0.3 is 0 Å². The summed E-state index contributed by atoms with van der Waals surface area (Å²) >= 11 is 0. The van der Waals surface area contributed by atoms with E-state index in [2.05, 4.69) is 0 Å². The van der Waals surface area contributed by atoms with Gasteiger partial charge in [0.15, 0.2) is 9.84 Å². The summed E-state index contributed by atoms with van der Waals surface area (Å²) in [7, 11) is -3.12. The van der Waals surface area contributed by atoms with E-state index in [-0.39, 0.29) is 0 Å². The molecule has 0 saturated carbocycles. The lowest BCUT2D eigenvalue weighted by atomic mass is 10.00. The first-order valence-electron chi connectivity index (χ1n) is 5.36. The second-order valence-corrected chi connectivity index (χ2v) is 6.20. The summed E-state index contributed by atoms with van der Waals surface area (Å²) in [6, 6.07) is 3.50. The van der Waals surface area contributed by atoms with Crippen LogP contribution in [0.25, 0.3) is 0 Å². The molecule has 2 N–H and O–H groups in total. The highest BCUT2D eigenvalue weighted by atomic mass is 32.2. The summed E-state index contributed by atoms with van der Waals surface area (Å²) in [5.41, 5.74) is 8.75. The maximum atomic E-state index is 11.5. The molecule has 1 rings (SSSR count). The molecule has 4 heteroatoms. The van der Waals surface area contributed by atoms with Crippen LogP contribution in [0.3, 0.4) is 0 Å². The van der Waals surface area contributed by atoms with Crippen LogP contribution < -0.4 is 5.73 Å². The fourth-order valence-corrected chi connectivity index (χ4v) is 2.41. The molecule has 1 aromatic carbocycles. The first-order valence-corrected chi connectivity index (χ1v) is 7.25. The van der Waals surface area contributed by atoms with Crippen LogP contribution in [0.5, 0.6) is 0 Å². The molecular weight excluding hydrogens is 222 g/mol. The Labute approximate surface area is 97.6 Å². The molecule has 0 aliphatic carbocycles. The number of nitrogens with two attached hydrogens (primary N) is 1. The molecule has 0 heterocycles. The Kier molecular flexibility index (Phi) is 4.10. The summed E-state index contributed by atoms with van der Waals surface area (Å²) in [5, 5.41) is 0. The third kappa shape index (κ3) is 3.06. The first-order chi connectivity index (χ1) is 7.36. The van der Waals surface area contributed by atoms with Gasteiger partial charge in [0.05, 0.1) is 4.90 Å². The molecule has 16 heavy (non-hydrogen) atoms. The zero-order valence-corrected chi connectivity index (χ0v) is 10.9. The molecule has 0 aliphatic heterocycles. The van der Waals surface area contributed by atoms with E-state index in [1.165, 1.54) is 11.8 Å². The summed E-state index contributed by atoms with van der Waals surface area (Å²) in [5.74, 6) is 0. The molecule has 0 spiro atoms. The molecule has 1 aromatic rings. The highest BCUT2D eigenvalue weighted by Crippen LogP contribution is 2.20. The SMILES string of the molecule is Cc1cc(S(C)(=O)=O)cc(CCCN)c1C. The van der Waals surface area contributed by atoms with Gasteiger partial charge in [0.25, 0.3) is 0 Å². The Morgan fingerprint density at radius 3 is 2.38 bits per heavy atom. The van der Waals surface area contributed by atoms with Gasteiger partial charge in [0, 0.05) is 6.26 Å². The Morgan fingerprint density at radius 1 is 1.25 bits per heavy atom. The van der Waals surface area contributed by atoms with Crippen molar-refractivity contribution in [2.45, 2.75) is 31.6 Å². The van der Waals surface area contributed by atoms with Gasteiger partial charge in [-0.2, -0.15) is 0 Å². The number of hydrogen-bond donors (Lipinski definition) is 1. The predicted molar refractivity (Wildman–Crippen MR) is 66.4 cm³/mol. The van der Waals surface area contributed by atoms with Crippen LogP contribution in [0, 0.1) is 13.8 Å². The lowest BCUT2D eigenvalue weighted by molar-refractivity contribution is 0.601. The van der Waals surface area contributed by atoms with Crippen LogP contribution in [0.15, 0.2) is 17.0 Å². The van der Waals surface area contributed by atoms with E-state index in [4.69, 9.17) is 5.73 Å². The Morgan fingerprint density at radius 2 is 1.88 bits per heavy atom. The van der Waals surface area contributed by atoms with Crippen molar-refractivity contribution < 1.29 is 8.42 Å². The van der Waals surface area contributed by atoms with Crippen molar-refractivity contribution in [1.82, 2.24) is 0 Å². The molecule has 0 unspecified atom stereocenters. The predicted octanol–water partition coefficient (Wildman–Crippen LogP) is 1.60. The average molecular weight is 241 g/mol. The smallest absolute Gasteiger partial charge is 0.175 e. The van der Waals surface area contributed by atoms with E-state index in [1.54, 1.807) is 12.1 Å². The lowest BCUT2D eigenvalue weighted by Crippen LogP contribution is -2.05. The minimum Gasteiger partial charge on any atom is -0.330 e. The van der Waals surface area contributed by atoms with Gasteiger partial charge < -0.3 is 5.73 Å². The second kappa shape index (κ2) is 4.97. The topological polar surface area (TPSA) is 60.2 Å². The molecular formula is C12H19NO2S. The monoisotopic (exact) mass is 241 g/mol. The summed E-state index contributed by atoms with van der Waals surface area (Å²) in [6.45, 7) is 4.59. The number of aryl methyl sites for hydroxylation is 2. The molecule has 0 radical (unpaired) electrons. The molecule has 90 valence electrons. The highest BCUT2D eigenvalue weighted by Gasteiger charge is 2.11. The normalized spacial score (nSPS) is 11.8. The molecule has 0 aliphatic rings. The minimum atomic E-state index is -3.12. The standard InChI is InChI=1S/C12H19NO2S/c1-9-7-12(16(3,14)15)8-11(10(9)2)5-4-6-13/h7-8H,4-6,13H2,1-3H3. The van der Waals surface area contributed by atoms with Crippen molar-refractivity contribution in [2.24, 2.45) is 5.73 Å². The number of sulfone groups is 1. The number of benzene rings is 1. The molecule has 0 fully saturated rings. The van der Waals surface area contributed by atoms with E-state index >= 15 is 0 Å². The second-order valence-electron chi connectivity index (χ2n) is 4.19. The number of rotatable bonds is 4. The van der Waals surface area contributed by atoms with Crippen molar-refractivity contribution >= 4 is 9.84 Å². The fraction of sp³-hybridized carbons (Fsp3) is 0.500. The van der Waals surface area contributed by atoms with Crippen molar-refractivity contribution in [3.8, 4) is 0 Å².